The number of carbonyl (C=O) groups excluding carboxylic acids is 2. The van der Waals surface area contributed by atoms with E-state index < -0.39 is 5.91 Å². The Morgan fingerprint density at radius 3 is 2.33 bits per heavy atom. The van der Waals surface area contributed by atoms with Crippen molar-refractivity contribution in [2.75, 3.05) is 5.32 Å². The average molecular weight is 323 g/mol. The molecular formula is C15H12Cl2N2O2. The van der Waals surface area contributed by atoms with Gasteiger partial charge in [-0.1, -0.05) is 35.3 Å². The van der Waals surface area contributed by atoms with E-state index in [9.17, 15) is 9.59 Å². The fraction of sp³-hybridized carbons (Fsp3) is 0.0667. The number of hydrogen-bond acceptors (Lipinski definition) is 2. The van der Waals surface area contributed by atoms with Crippen molar-refractivity contribution in [2.45, 2.75) is 6.42 Å². The second-order valence-electron chi connectivity index (χ2n) is 4.42. The SMILES string of the molecule is NC(=O)Cc1ccc(NC(=O)c2cc(Cl)ccc2Cl)cc1. The quantitative estimate of drug-likeness (QED) is 0.906. The van der Waals surface area contributed by atoms with Gasteiger partial charge in [0.05, 0.1) is 17.0 Å². The molecule has 0 atom stereocenters. The minimum Gasteiger partial charge on any atom is -0.369 e. The van der Waals surface area contributed by atoms with Crippen LogP contribution in [0.25, 0.3) is 0 Å². The van der Waals surface area contributed by atoms with Crippen molar-refractivity contribution in [2.24, 2.45) is 5.73 Å². The molecule has 6 heteroatoms. The van der Waals surface area contributed by atoms with Crippen LogP contribution in [0.4, 0.5) is 5.69 Å². The number of benzene rings is 2. The van der Waals surface area contributed by atoms with Crippen molar-refractivity contribution in [1.29, 1.82) is 0 Å². The highest BCUT2D eigenvalue weighted by molar-refractivity contribution is 6.36. The molecule has 0 heterocycles. The van der Waals surface area contributed by atoms with Gasteiger partial charge in [-0.2, -0.15) is 0 Å². The summed E-state index contributed by atoms with van der Waals surface area (Å²) in [6.45, 7) is 0. The van der Waals surface area contributed by atoms with Crippen LogP contribution in [0.3, 0.4) is 0 Å². The lowest BCUT2D eigenvalue weighted by Crippen LogP contribution is -2.14. The van der Waals surface area contributed by atoms with Gasteiger partial charge in [0.2, 0.25) is 5.91 Å². The summed E-state index contributed by atoms with van der Waals surface area (Å²) in [5, 5.41) is 3.46. The molecule has 0 radical (unpaired) electrons. The molecule has 21 heavy (non-hydrogen) atoms. The molecule has 0 saturated heterocycles. The molecule has 0 spiro atoms. The lowest BCUT2D eigenvalue weighted by atomic mass is 10.1. The second kappa shape index (κ2) is 6.61. The number of primary amides is 1. The monoisotopic (exact) mass is 322 g/mol. The Morgan fingerprint density at radius 2 is 1.71 bits per heavy atom. The third-order valence-corrected chi connectivity index (χ3v) is 3.33. The maximum absolute atomic E-state index is 12.1. The minimum atomic E-state index is -0.405. The van der Waals surface area contributed by atoms with Crippen LogP contribution < -0.4 is 11.1 Å². The third kappa shape index (κ3) is 4.21. The first-order valence-electron chi connectivity index (χ1n) is 6.09. The Bertz CT molecular complexity index is 685. The molecule has 0 aliphatic rings. The van der Waals surface area contributed by atoms with Crippen molar-refractivity contribution < 1.29 is 9.59 Å². The van der Waals surface area contributed by atoms with Crippen molar-refractivity contribution in [3.63, 3.8) is 0 Å². The number of carbonyl (C=O) groups is 2. The fourth-order valence-electron chi connectivity index (χ4n) is 1.78. The molecule has 0 saturated carbocycles. The van der Waals surface area contributed by atoms with E-state index in [4.69, 9.17) is 28.9 Å². The number of rotatable bonds is 4. The molecule has 3 N–H and O–H groups in total. The van der Waals surface area contributed by atoms with Gasteiger partial charge < -0.3 is 11.1 Å². The van der Waals surface area contributed by atoms with Gasteiger partial charge in [-0.3, -0.25) is 9.59 Å². The largest absolute Gasteiger partial charge is 0.369 e. The van der Waals surface area contributed by atoms with E-state index in [1.807, 2.05) is 0 Å². The van der Waals surface area contributed by atoms with E-state index >= 15 is 0 Å². The van der Waals surface area contributed by atoms with E-state index in [0.29, 0.717) is 21.3 Å². The number of amides is 2. The first kappa shape index (κ1) is 15.4. The molecule has 2 rings (SSSR count). The highest BCUT2D eigenvalue weighted by Crippen LogP contribution is 2.22. The summed E-state index contributed by atoms with van der Waals surface area (Å²) < 4.78 is 0. The molecule has 2 amide bonds. The Labute approximate surface area is 131 Å². The molecule has 0 aromatic heterocycles. The van der Waals surface area contributed by atoms with E-state index in [0.717, 1.165) is 5.56 Å². The maximum atomic E-state index is 12.1. The normalized spacial score (nSPS) is 10.2. The zero-order chi connectivity index (χ0) is 15.4. The predicted octanol–water partition coefficient (Wildman–Crippen LogP) is 3.27. The molecule has 108 valence electrons. The number of hydrogen-bond donors (Lipinski definition) is 2. The molecule has 0 fully saturated rings. The van der Waals surface area contributed by atoms with Crippen LogP contribution in [0, 0.1) is 0 Å². The summed E-state index contributed by atoms with van der Waals surface area (Å²) in [7, 11) is 0. The lowest BCUT2D eigenvalue weighted by Gasteiger charge is -2.08. The molecule has 2 aromatic carbocycles. The van der Waals surface area contributed by atoms with E-state index in [2.05, 4.69) is 5.32 Å². The fourth-order valence-corrected chi connectivity index (χ4v) is 2.15. The zero-order valence-electron chi connectivity index (χ0n) is 10.9. The number of anilines is 1. The Balaban J connectivity index is 2.12. The molecule has 4 nitrogen and oxygen atoms in total. The molecule has 0 aliphatic heterocycles. The Kier molecular flexibility index (Phi) is 4.83. The van der Waals surface area contributed by atoms with Gasteiger partial charge in [0, 0.05) is 10.7 Å². The second-order valence-corrected chi connectivity index (χ2v) is 5.26. The Morgan fingerprint density at radius 1 is 1.05 bits per heavy atom. The molecular weight excluding hydrogens is 311 g/mol. The third-order valence-electron chi connectivity index (χ3n) is 2.76. The lowest BCUT2D eigenvalue weighted by molar-refractivity contribution is -0.117. The highest BCUT2D eigenvalue weighted by Gasteiger charge is 2.11. The summed E-state index contributed by atoms with van der Waals surface area (Å²) in [5.74, 6) is -0.761. The zero-order valence-corrected chi connectivity index (χ0v) is 12.4. The number of nitrogens with one attached hydrogen (secondary N) is 1. The van der Waals surface area contributed by atoms with Gasteiger partial charge in [-0.25, -0.2) is 0 Å². The summed E-state index contributed by atoms with van der Waals surface area (Å²) in [4.78, 5) is 22.9. The summed E-state index contributed by atoms with van der Waals surface area (Å²) in [5.41, 5.74) is 6.78. The standard InChI is InChI=1S/C15H12Cl2N2O2/c16-10-3-6-13(17)12(8-10)15(21)19-11-4-1-9(2-5-11)7-14(18)20/h1-6,8H,7H2,(H2,18,20)(H,19,21). The first-order valence-corrected chi connectivity index (χ1v) is 6.85. The van der Waals surface area contributed by atoms with Gasteiger partial charge in [-0.15, -0.1) is 0 Å². The summed E-state index contributed by atoms with van der Waals surface area (Å²) in [6, 6.07) is 11.5. The van der Waals surface area contributed by atoms with Crippen LogP contribution in [0.2, 0.25) is 10.0 Å². The van der Waals surface area contributed by atoms with E-state index in [1.165, 1.54) is 6.07 Å². The van der Waals surface area contributed by atoms with Crippen LogP contribution in [0.5, 0.6) is 0 Å². The van der Waals surface area contributed by atoms with Crippen molar-refractivity contribution in [3.05, 3.63) is 63.6 Å². The van der Waals surface area contributed by atoms with Crippen LogP contribution >= 0.6 is 23.2 Å². The number of halogens is 2. The topological polar surface area (TPSA) is 72.2 Å². The van der Waals surface area contributed by atoms with Gasteiger partial charge in [-0.05, 0) is 35.9 Å². The van der Waals surface area contributed by atoms with Crippen molar-refractivity contribution in [3.8, 4) is 0 Å². The first-order chi connectivity index (χ1) is 9.95. The number of nitrogens with two attached hydrogens (primary N) is 1. The molecule has 2 aromatic rings. The van der Waals surface area contributed by atoms with Crippen LogP contribution in [0.1, 0.15) is 15.9 Å². The van der Waals surface area contributed by atoms with Crippen molar-refractivity contribution in [1.82, 2.24) is 0 Å². The Hall–Kier alpha value is -2.04. The molecule has 0 unspecified atom stereocenters. The van der Waals surface area contributed by atoms with Gasteiger partial charge in [0.25, 0.3) is 5.91 Å². The van der Waals surface area contributed by atoms with Crippen molar-refractivity contribution >= 4 is 40.7 Å². The average Bonchev–Trinajstić information content (AvgIpc) is 2.43. The smallest absolute Gasteiger partial charge is 0.257 e. The summed E-state index contributed by atoms with van der Waals surface area (Å²) >= 11 is 11.8. The maximum Gasteiger partial charge on any atom is 0.257 e. The van der Waals surface area contributed by atoms with E-state index in [1.54, 1.807) is 36.4 Å². The van der Waals surface area contributed by atoms with Crippen LogP contribution in [0.15, 0.2) is 42.5 Å². The van der Waals surface area contributed by atoms with Gasteiger partial charge in [0.15, 0.2) is 0 Å². The molecule has 0 aliphatic carbocycles. The van der Waals surface area contributed by atoms with Gasteiger partial charge in [0.1, 0.15) is 0 Å². The predicted molar refractivity (Wildman–Crippen MR) is 83.8 cm³/mol. The van der Waals surface area contributed by atoms with Crippen LogP contribution in [-0.2, 0) is 11.2 Å². The molecule has 0 bridgehead atoms. The minimum absolute atomic E-state index is 0.161. The highest BCUT2D eigenvalue weighted by atomic mass is 35.5. The van der Waals surface area contributed by atoms with Crippen LogP contribution in [-0.4, -0.2) is 11.8 Å². The van der Waals surface area contributed by atoms with E-state index in [-0.39, 0.29) is 12.3 Å². The van der Waals surface area contributed by atoms with Gasteiger partial charge >= 0.3 is 0 Å². The summed E-state index contributed by atoms with van der Waals surface area (Å²) in [6.07, 6.45) is 0.161.